The summed E-state index contributed by atoms with van der Waals surface area (Å²) in [5.41, 5.74) is 7.55. The van der Waals surface area contributed by atoms with Crippen molar-refractivity contribution in [2.45, 2.75) is 39.0 Å². The number of unbranched alkanes of at least 4 members (excludes halogenated alkanes) is 1. The van der Waals surface area contributed by atoms with Crippen molar-refractivity contribution < 1.29 is 9.53 Å². The van der Waals surface area contributed by atoms with Gasteiger partial charge in [-0.15, -0.1) is 0 Å². The third kappa shape index (κ3) is 5.61. The molecule has 0 aliphatic carbocycles. The van der Waals surface area contributed by atoms with Crippen LogP contribution in [0.15, 0.2) is 18.2 Å². The zero-order valence-corrected chi connectivity index (χ0v) is 12.8. The van der Waals surface area contributed by atoms with Crippen molar-refractivity contribution in [2.24, 2.45) is 5.73 Å². The van der Waals surface area contributed by atoms with Crippen LogP contribution in [0.1, 0.15) is 37.3 Å². The maximum Gasteiger partial charge on any atom is 0.409 e. The van der Waals surface area contributed by atoms with Gasteiger partial charge in [0.05, 0.1) is 0 Å². The summed E-state index contributed by atoms with van der Waals surface area (Å²) < 4.78 is 5.15. The first-order valence-electron chi connectivity index (χ1n) is 7.27. The number of carbonyl (C=O) groups is 1. The molecular weight excluding hydrogens is 252 g/mol. The molecule has 1 aromatic rings. The predicted molar refractivity (Wildman–Crippen MR) is 82.1 cm³/mol. The van der Waals surface area contributed by atoms with Gasteiger partial charge in [0.1, 0.15) is 5.75 Å². The first-order valence-corrected chi connectivity index (χ1v) is 7.27. The number of ether oxygens (including phenoxy) is 1. The van der Waals surface area contributed by atoms with Crippen molar-refractivity contribution in [1.29, 1.82) is 0 Å². The third-order valence-corrected chi connectivity index (χ3v) is 3.27. The summed E-state index contributed by atoms with van der Waals surface area (Å²) in [5, 5.41) is 0. The maximum absolute atomic E-state index is 11.0. The molecule has 0 heterocycles. The average molecular weight is 278 g/mol. The third-order valence-electron chi connectivity index (χ3n) is 3.27. The molecule has 1 rings (SSSR count). The highest BCUT2D eigenvalue weighted by molar-refractivity contribution is 5.68. The molecule has 0 radical (unpaired) electrons. The molecule has 20 heavy (non-hydrogen) atoms. The van der Waals surface area contributed by atoms with Crippen molar-refractivity contribution >= 4 is 6.09 Å². The second-order valence-corrected chi connectivity index (χ2v) is 5.33. The maximum atomic E-state index is 11.0. The van der Waals surface area contributed by atoms with Crippen LogP contribution in [0.3, 0.4) is 0 Å². The zero-order chi connectivity index (χ0) is 15.0. The summed E-state index contributed by atoms with van der Waals surface area (Å²) in [7, 11) is 4.12. The highest BCUT2D eigenvalue weighted by atomic mass is 16.5. The van der Waals surface area contributed by atoms with E-state index in [0.717, 1.165) is 44.2 Å². The van der Waals surface area contributed by atoms with Gasteiger partial charge in [0.25, 0.3) is 0 Å². The lowest BCUT2D eigenvalue weighted by molar-refractivity contribution is 0.210. The van der Waals surface area contributed by atoms with Gasteiger partial charge in [-0.2, -0.15) is 0 Å². The minimum Gasteiger partial charge on any atom is -0.410 e. The van der Waals surface area contributed by atoms with Crippen LogP contribution in [0.5, 0.6) is 5.75 Å². The second kappa shape index (κ2) is 8.59. The lowest BCUT2D eigenvalue weighted by atomic mass is 9.97. The molecule has 0 atom stereocenters. The normalized spacial score (nSPS) is 10.8. The van der Waals surface area contributed by atoms with E-state index in [0.29, 0.717) is 5.75 Å². The number of nitrogens with two attached hydrogens (primary N) is 1. The average Bonchev–Trinajstić information content (AvgIpc) is 2.37. The first kappa shape index (κ1) is 16.5. The molecule has 1 amide bonds. The molecule has 2 N–H and O–H groups in total. The van der Waals surface area contributed by atoms with E-state index in [9.17, 15) is 4.79 Å². The molecule has 1 aromatic carbocycles. The van der Waals surface area contributed by atoms with Crippen molar-refractivity contribution in [3.8, 4) is 5.75 Å². The summed E-state index contributed by atoms with van der Waals surface area (Å²) >= 11 is 0. The van der Waals surface area contributed by atoms with Gasteiger partial charge in [-0.1, -0.05) is 25.5 Å². The minimum atomic E-state index is -0.744. The topological polar surface area (TPSA) is 55.6 Å². The molecule has 0 aliphatic heterocycles. The zero-order valence-electron chi connectivity index (χ0n) is 12.8. The molecular formula is C16H26N2O2. The SMILES string of the molecule is CCCCc1cccc(OC(N)=O)c1CCCN(C)C. The van der Waals surface area contributed by atoms with Gasteiger partial charge in [-0.3, -0.25) is 0 Å². The van der Waals surface area contributed by atoms with E-state index in [1.165, 1.54) is 5.56 Å². The lowest BCUT2D eigenvalue weighted by Gasteiger charge is -2.15. The van der Waals surface area contributed by atoms with Crippen molar-refractivity contribution in [1.82, 2.24) is 4.90 Å². The van der Waals surface area contributed by atoms with E-state index >= 15 is 0 Å². The number of aryl methyl sites for hydroxylation is 1. The van der Waals surface area contributed by atoms with Crippen LogP contribution >= 0.6 is 0 Å². The highest BCUT2D eigenvalue weighted by Gasteiger charge is 2.11. The van der Waals surface area contributed by atoms with Crippen molar-refractivity contribution in [3.63, 3.8) is 0 Å². The standard InChI is InChI=1S/C16H26N2O2/c1-4-5-8-13-9-6-11-15(20-16(17)19)14(13)10-7-12-18(2)3/h6,9,11H,4-5,7-8,10,12H2,1-3H3,(H2,17,19). The van der Waals surface area contributed by atoms with E-state index in [1.807, 2.05) is 12.1 Å². The smallest absolute Gasteiger partial charge is 0.409 e. The molecule has 0 bridgehead atoms. The number of primary amides is 1. The molecule has 0 aliphatic rings. The van der Waals surface area contributed by atoms with E-state index in [1.54, 1.807) is 0 Å². The van der Waals surface area contributed by atoms with Crippen LogP contribution in [-0.2, 0) is 12.8 Å². The molecule has 0 saturated carbocycles. The van der Waals surface area contributed by atoms with E-state index in [4.69, 9.17) is 10.5 Å². The monoisotopic (exact) mass is 278 g/mol. The molecule has 0 aromatic heterocycles. The summed E-state index contributed by atoms with van der Waals surface area (Å²) in [5.74, 6) is 0.616. The molecule has 4 heteroatoms. The van der Waals surface area contributed by atoms with Gasteiger partial charge in [0, 0.05) is 0 Å². The van der Waals surface area contributed by atoms with Crippen LogP contribution in [0.4, 0.5) is 4.79 Å². The first-order chi connectivity index (χ1) is 9.54. The predicted octanol–water partition coefficient (Wildman–Crippen LogP) is 2.98. The lowest BCUT2D eigenvalue weighted by Crippen LogP contribution is -2.18. The van der Waals surface area contributed by atoms with Crippen molar-refractivity contribution in [3.05, 3.63) is 29.3 Å². The summed E-state index contributed by atoms with van der Waals surface area (Å²) in [6.07, 6.45) is 4.50. The second-order valence-electron chi connectivity index (χ2n) is 5.33. The van der Waals surface area contributed by atoms with Crippen LogP contribution in [0.2, 0.25) is 0 Å². The molecule has 0 saturated heterocycles. The Balaban J connectivity index is 2.88. The molecule has 0 fully saturated rings. The Hall–Kier alpha value is -1.55. The van der Waals surface area contributed by atoms with Gasteiger partial charge < -0.3 is 15.4 Å². The Bertz CT molecular complexity index is 430. The largest absolute Gasteiger partial charge is 0.410 e. The fraction of sp³-hybridized carbons (Fsp3) is 0.562. The highest BCUT2D eigenvalue weighted by Crippen LogP contribution is 2.25. The quantitative estimate of drug-likeness (QED) is 0.795. The van der Waals surface area contributed by atoms with Crippen LogP contribution in [-0.4, -0.2) is 31.6 Å². The van der Waals surface area contributed by atoms with Crippen LogP contribution in [0.25, 0.3) is 0 Å². The Morgan fingerprint density at radius 2 is 2.00 bits per heavy atom. The minimum absolute atomic E-state index is 0.616. The number of hydrogen-bond donors (Lipinski definition) is 1. The van der Waals surface area contributed by atoms with Crippen LogP contribution < -0.4 is 10.5 Å². The number of benzene rings is 1. The van der Waals surface area contributed by atoms with Gasteiger partial charge in [-0.25, -0.2) is 4.79 Å². The summed E-state index contributed by atoms with van der Waals surface area (Å²) in [6.45, 7) is 3.19. The van der Waals surface area contributed by atoms with Gasteiger partial charge in [0.2, 0.25) is 0 Å². The number of carbonyl (C=O) groups excluding carboxylic acids is 1. The Labute approximate surface area is 121 Å². The van der Waals surface area contributed by atoms with E-state index in [2.05, 4.69) is 32.0 Å². The number of hydrogen-bond acceptors (Lipinski definition) is 3. The van der Waals surface area contributed by atoms with E-state index in [-0.39, 0.29) is 0 Å². The number of rotatable bonds is 8. The molecule has 112 valence electrons. The summed E-state index contributed by atoms with van der Waals surface area (Å²) in [4.78, 5) is 13.2. The van der Waals surface area contributed by atoms with Gasteiger partial charge in [-0.05, 0) is 63.5 Å². The van der Waals surface area contributed by atoms with Gasteiger partial charge in [0.15, 0.2) is 0 Å². The van der Waals surface area contributed by atoms with Gasteiger partial charge >= 0.3 is 6.09 Å². The molecule has 0 unspecified atom stereocenters. The fourth-order valence-corrected chi connectivity index (χ4v) is 2.27. The van der Waals surface area contributed by atoms with Crippen LogP contribution in [0, 0.1) is 0 Å². The Kier molecular flexibility index (Phi) is 7.09. The Morgan fingerprint density at radius 3 is 2.60 bits per heavy atom. The van der Waals surface area contributed by atoms with Crippen molar-refractivity contribution in [2.75, 3.05) is 20.6 Å². The van der Waals surface area contributed by atoms with E-state index < -0.39 is 6.09 Å². The fourth-order valence-electron chi connectivity index (χ4n) is 2.27. The molecule has 4 nitrogen and oxygen atoms in total. The molecule has 0 spiro atoms. The summed E-state index contributed by atoms with van der Waals surface area (Å²) in [6, 6.07) is 5.87. The number of amides is 1. The Morgan fingerprint density at radius 1 is 1.25 bits per heavy atom. The number of nitrogens with zero attached hydrogens (tertiary/aromatic N) is 1.